The second kappa shape index (κ2) is 9.23. The van der Waals surface area contributed by atoms with Gasteiger partial charge in [0.2, 0.25) is 0 Å². The van der Waals surface area contributed by atoms with Gasteiger partial charge in [-0.05, 0) is 75.1 Å². The van der Waals surface area contributed by atoms with Gasteiger partial charge in [-0.1, -0.05) is 32.4 Å². The summed E-state index contributed by atoms with van der Waals surface area (Å²) in [7, 11) is 4.17. The van der Waals surface area contributed by atoms with Gasteiger partial charge in [0.1, 0.15) is 0 Å². The van der Waals surface area contributed by atoms with Gasteiger partial charge in [-0.25, -0.2) is 0 Å². The second-order valence-corrected chi connectivity index (χ2v) is 9.46. The highest BCUT2D eigenvalue weighted by molar-refractivity contribution is 5.45. The average molecular weight is 361 g/mol. The van der Waals surface area contributed by atoms with Crippen molar-refractivity contribution in [3.8, 4) is 0 Å². The first-order valence-electron chi connectivity index (χ1n) is 10.3. The van der Waals surface area contributed by atoms with Crippen LogP contribution in [0.4, 0.5) is 5.69 Å². The minimum Gasteiger partial charge on any atom is -0.378 e. The Kier molecular flexibility index (Phi) is 7.54. The molecule has 0 radical (unpaired) electrons. The predicted octanol–water partition coefficient (Wildman–Crippen LogP) is 5.24. The predicted molar refractivity (Wildman–Crippen MR) is 113 cm³/mol. The quantitative estimate of drug-likeness (QED) is 0.609. The molecule has 148 valence electrons. The van der Waals surface area contributed by atoms with Crippen LogP contribution in [0.3, 0.4) is 0 Å². The van der Waals surface area contributed by atoms with Gasteiger partial charge in [0.25, 0.3) is 0 Å². The number of anilines is 1. The largest absolute Gasteiger partial charge is 0.378 e. The zero-order valence-corrected chi connectivity index (χ0v) is 17.9. The van der Waals surface area contributed by atoms with E-state index in [-0.39, 0.29) is 5.60 Å². The summed E-state index contributed by atoms with van der Waals surface area (Å²) in [6.07, 6.45) is 6.30. The van der Waals surface area contributed by atoms with Crippen molar-refractivity contribution in [2.75, 3.05) is 32.1 Å². The zero-order chi connectivity index (χ0) is 19.2. The molecule has 0 unspecified atom stereocenters. The fourth-order valence-corrected chi connectivity index (χ4v) is 4.23. The van der Waals surface area contributed by atoms with Crippen LogP contribution in [0, 0.1) is 11.3 Å². The summed E-state index contributed by atoms with van der Waals surface area (Å²) < 4.78 is 6.01. The molecule has 26 heavy (non-hydrogen) atoms. The highest BCUT2D eigenvalue weighted by Crippen LogP contribution is 2.45. The first kappa shape index (κ1) is 21.2. The van der Waals surface area contributed by atoms with Crippen molar-refractivity contribution in [2.45, 2.75) is 71.9 Å². The van der Waals surface area contributed by atoms with Gasteiger partial charge in [-0.15, -0.1) is 0 Å². The van der Waals surface area contributed by atoms with Gasteiger partial charge >= 0.3 is 0 Å². The van der Waals surface area contributed by atoms with Crippen LogP contribution in [0.5, 0.6) is 0 Å². The lowest BCUT2D eigenvalue weighted by atomic mass is 9.68. The van der Waals surface area contributed by atoms with Crippen LogP contribution in [0.15, 0.2) is 24.3 Å². The molecule has 1 aliphatic rings. The van der Waals surface area contributed by atoms with Crippen molar-refractivity contribution < 1.29 is 4.74 Å². The number of nitrogens with one attached hydrogen (secondary N) is 1. The molecule has 0 amide bonds. The first-order chi connectivity index (χ1) is 12.2. The van der Waals surface area contributed by atoms with E-state index in [1.165, 1.54) is 43.4 Å². The molecule has 1 heterocycles. The Morgan fingerprint density at radius 1 is 1.12 bits per heavy atom. The molecule has 1 atom stereocenters. The fourth-order valence-electron chi connectivity index (χ4n) is 4.23. The Hall–Kier alpha value is -1.06. The van der Waals surface area contributed by atoms with Gasteiger partial charge in [0, 0.05) is 32.9 Å². The number of ether oxygens (including phenoxy) is 1. The van der Waals surface area contributed by atoms with Crippen molar-refractivity contribution in [3.05, 3.63) is 29.8 Å². The first-order valence-corrected chi connectivity index (χ1v) is 10.3. The van der Waals surface area contributed by atoms with Gasteiger partial charge in [-0.3, -0.25) is 0 Å². The summed E-state index contributed by atoms with van der Waals surface area (Å²) in [5.41, 5.74) is 3.08. The van der Waals surface area contributed by atoms with E-state index in [1.807, 2.05) is 0 Å². The van der Waals surface area contributed by atoms with Crippen LogP contribution in [0.25, 0.3) is 0 Å². The maximum Gasteiger partial charge on any atom is 0.0631 e. The number of nitrogens with zero attached hydrogens (tertiary/aromatic N) is 1. The molecule has 1 aromatic rings. The van der Waals surface area contributed by atoms with Crippen LogP contribution >= 0.6 is 0 Å². The number of benzene rings is 1. The molecule has 1 fully saturated rings. The SMILES string of the molecule is CC(C)CC[C@]1(CCNCc2ccc(N(C)C)cc2)CCOC(C)(C)C1. The lowest BCUT2D eigenvalue weighted by Crippen LogP contribution is -2.42. The third-order valence-corrected chi connectivity index (χ3v) is 5.79. The van der Waals surface area contributed by atoms with Crippen LogP contribution < -0.4 is 10.2 Å². The van der Waals surface area contributed by atoms with E-state index in [0.717, 1.165) is 25.6 Å². The van der Waals surface area contributed by atoms with Crippen molar-refractivity contribution in [3.63, 3.8) is 0 Å². The molecule has 2 rings (SSSR count). The molecular formula is C23H40N2O. The minimum atomic E-state index is 0.0250. The van der Waals surface area contributed by atoms with E-state index in [2.05, 4.69) is 76.3 Å². The molecule has 0 saturated carbocycles. The van der Waals surface area contributed by atoms with Gasteiger partial charge < -0.3 is 15.0 Å². The minimum absolute atomic E-state index is 0.0250. The molecule has 0 aromatic heterocycles. The van der Waals surface area contributed by atoms with E-state index in [1.54, 1.807) is 0 Å². The summed E-state index contributed by atoms with van der Waals surface area (Å²) in [5, 5.41) is 3.68. The van der Waals surface area contributed by atoms with Crippen LogP contribution in [-0.4, -0.2) is 32.8 Å². The molecule has 0 spiro atoms. The second-order valence-electron chi connectivity index (χ2n) is 9.46. The van der Waals surface area contributed by atoms with Gasteiger partial charge in [0.15, 0.2) is 0 Å². The Morgan fingerprint density at radius 2 is 1.81 bits per heavy atom. The van der Waals surface area contributed by atoms with Crippen LogP contribution in [0.2, 0.25) is 0 Å². The van der Waals surface area contributed by atoms with Crippen molar-refractivity contribution in [1.29, 1.82) is 0 Å². The summed E-state index contributed by atoms with van der Waals surface area (Å²) >= 11 is 0. The summed E-state index contributed by atoms with van der Waals surface area (Å²) in [5.74, 6) is 0.779. The van der Waals surface area contributed by atoms with Crippen molar-refractivity contribution >= 4 is 5.69 Å². The molecule has 3 heteroatoms. The van der Waals surface area contributed by atoms with E-state index >= 15 is 0 Å². The molecule has 1 aliphatic heterocycles. The topological polar surface area (TPSA) is 24.5 Å². The molecule has 0 aliphatic carbocycles. The normalized spacial score (nSPS) is 22.6. The summed E-state index contributed by atoms with van der Waals surface area (Å²) in [6, 6.07) is 8.85. The molecule has 1 aromatic carbocycles. The van der Waals surface area contributed by atoms with E-state index in [4.69, 9.17) is 4.74 Å². The summed E-state index contributed by atoms with van der Waals surface area (Å²) in [6.45, 7) is 12.2. The molecule has 1 N–H and O–H groups in total. The fraction of sp³-hybridized carbons (Fsp3) is 0.739. The Bertz CT molecular complexity index is 536. The van der Waals surface area contributed by atoms with Crippen molar-refractivity contribution in [2.24, 2.45) is 11.3 Å². The molecule has 3 nitrogen and oxygen atoms in total. The lowest BCUT2D eigenvalue weighted by Gasteiger charge is -2.45. The maximum atomic E-state index is 6.01. The number of rotatable bonds is 9. The smallest absolute Gasteiger partial charge is 0.0631 e. The van der Waals surface area contributed by atoms with E-state index in [9.17, 15) is 0 Å². The molecular weight excluding hydrogens is 320 g/mol. The molecule has 0 bridgehead atoms. The highest BCUT2D eigenvalue weighted by Gasteiger charge is 2.40. The Morgan fingerprint density at radius 3 is 2.38 bits per heavy atom. The maximum absolute atomic E-state index is 6.01. The Labute approximate surface area is 161 Å². The standard InChI is InChI=1S/C23H40N2O/c1-19(2)11-12-23(14-16-26-22(3,4)18-23)13-15-24-17-20-7-9-21(10-8-20)25(5)6/h7-10,19,24H,11-18H2,1-6H3/t23-/m0/s1. The van der Waals surface area contributed by atoms with E-state index in [0.29, 0.717) is 5.41 Å². The van der Waals surface area contributed by atoms with Crippen LogP contribution in [0.1, 0.15) is 65.4 Å². The monoisotopic (exact) mass is 360 g/mol. The number of hydrogen-bond acceptors (Lipinski definition) is 3. The van der Waals surface area contributed by atoms with Crippen LogP contribution in [-0.2, 0) is 11.3 Å². The van der Waals surface area contributed by atoms with Gasteiger partial charge in [0.05, 0.1) is 5.60 Å². The van der Waals surface area contributed by atoms with Crippen molar-refractivity contribution in [1.82, 2.24) is 5.32 Å². The highest BCUT2D eigenvalue weighted by atomic mass is 16.5. The third-order valence-electron chi connectivity index (χ3n) is 5.79. The van der Waals surface area contributed by atoms with E-state index < -0.39 is 0 Å². The Balaban J connectivity index is 1.86. The third kappa shape index (κ3) is 6.59. The van der Waals surface area contributed by atoms with Gasteiger partial charge in [-0.2, -0.15) is 0 Å². The summed E-state index contributed by atoms with van der Waals surface area (Å²) in [4.78, 5) is 2.14. The molecule has 1 saturated heterocycles. The lowest BCUT2D eigenvalue weighted by molar-refractivity contribution is -0.110. The zero-order valence-electron chi connectivity index (χ0n) is 17.9. The number of hydrogen-bond donors (Lipinski definition) is 1. The average Bonchev–Trinajstić information content (AvgIpc) is 2.57.